The molecule has 2 heterocycles. The topological polar surface area (TPSA) is 16.1 Å². The first-order chi connectivity index (χ1) is 7.18. The summed E-state index contributed by atoms with van der Waals surface area (Å²) in [5, 5.41) is 0.742. The van der Waals surface area contributed by atoms with E-state index in [1.54, 1.807) is 12.4 Å². The largest absolute Gasteiger partial charge is 0.369 e. The van der Waals surface area contributed by atoms with Gasteiger partial charge in [0, 0.05) is 30.3 Å². The first-order valence-corrected chi connectivity index (χ1v) is 6.46. The van der Waals surface area contributed by atoms with Crippen LogP contribution in [0.15, 0.2) is 18.5 Å². The molecule has 2 atom stereocenters. The predicted octanol–water partition coefficient (Wildman–Crippen LogP) is 3.34. The Morgan fingerprint density at radius 2 is 2.40 bits per heavy atom. The van der Waals surface area contributed by atoms with E-state index < -0.39 is 0 Å². The van der Waals surface area contributed by atoms with Crippen LogP contribution in [0.2, 0.25) is 5.02 Å². The fourth-order valence-electron chi connectivity index (χ4n) is 1.87. The number of halogens is 2. The van der Waals surface area contributed by atoms with Crippen LogP contribution < -0.4 is 4.90 Å². The molecule has 0 aromatic carbocycles. The predicted molar refractivity (Wildman–Crippen MR) is 68.0 cm³/mol. The molecule has 0 spiro atoms. The number of aromatic nitrogens is 1. The van der Waals surface area contributed by atoms with E-state index in [-0.39, 0.29) is 0 Å². The third kappa shape index (κ3) is 2.45. The van der Waals surface area contributed by atoms with Gasteiger partial charge in [0.15, 0.2) is 0 Å². The van der Waals surface area contributed by atoms with Crippen molar-refractivity contribution in [2.45, 2.75) is 18.2 Å². The van der Waals surface area contributed by atoms with Crippen molar-refractivity contribution in [3.05, 3.63) is 23.5 Å². The van der Waals surface area contributed by atoms with E-state index in [2.05, 4.69) is 32.7 Å². The number of alkyl halides is 1. The molecule has 0 amide bonds. The molecule has 1 fully saturated rings. The van der Waals surface area contributed by atoms with Crippen molar-refractivity contribution in [1.82, 2.24) is 4.98 Å². The highest BCUT2D eigenvalue weighted by Gasteiger charge is 2.24. The molecule has 2 nitrogen and oxygen atoms in total. The van der Waals surface area contributed by atoms with Gasteiger partial charge in [-0.1, -0.05) is 34.5 Å². The fraction of sp³-hybridized carbons (Fsp3) is 0.545. The Balaban J connectivity index is 2.15. The zero-order valence-corrected chi connectivity index (χ0v) is 11.0. The zero-order chi connectivity index (χ0) is 10.8. The van der Waals surface area contributed by atoms with Crippen LogP contribution in [-0.2, 0) is 0 Å². The molecule has 82 valence electrons. The summed E-state index contributed by atoms with van der Waals surface area (Å²) in [5.74, 6) is 0.738. The van der Waals surface area contributed by atoms with E-state index >= 15 is 0 Å². The van der Waals surface area contributed by atoms with Gasteiger partial charge in [0.1, 0.15) is 0 Å². The molecule has 0 N–H and O–H groups in total. The third-order valence-corrected chi connectivity index (χ3v) is 4.44. The second kappa shape index (κ2) is 4.71. The van der Waals surface area contributed by atoms with Crippen molar-refractivity contribution < 1.29 is 0 Å². The lowest BCUT2D eigenvalue weighted by Crippen LogP contribution is -2.40. The summed E-state index contributed by atoms with van der Waals surface area (Å²) in [5.41, 5.74) is 1.10. The van der Waals surface area contributed by atoms with Crippen molar-refractivity contribution in [1.29, 1.82) is 0 Å². The lowest BCUT2D eigenvalue weighted by Gasteiger charge is -2.36. The molecule has 0 aliphatic carbocycles. The van der Waals surface area contributed by atoms with E-state index in [9.17, 15) is 0 Å². The van der Waals surface area contributed by atoms with Crippen molar-refractivity contribution in [3.8, 4) is 0 Å². The quantitative estimate of drug-likeness (QED) is 0.737. The van der Waals surface area contributed by atoms with Gasteiger partial charge in [-0.15, -0.1) is 0 Å². The lowest BCUT2D eigenvalue weighted by atomic mass is 9.99. The van der Waals surface area contributed by atoms with Crippen LogP contribution >= 0.6 is 27.5 Å². The van der Waals surface area contributed by atoms with Gasteiger partial charge in [0.05, 0.1) is 10.7 Å². The molecule has 0 saturated carbocycles. The Kier molecular flexibility index (Phi) is 3.52. The molecule has 1 aromatic heterocycles. The highest BCUT2D eigenvalue weighted by atomic mass is 79.9. The smallest absolute Gasteiger partial charge is 0.0822 e. The van der Waals surface area contributed by atoms with Gasteiger partial charge in [-0.3, -0.25) is 4.98 Å². The molecular weight excluding hydrogens is 275 g/mol. The van der Waals surface area contributed by atoms with Crippen LogP contribution in [0.4, 0.5) is 5.69 Å². The minimum atomic E-state index is 0.551. The van der Waals surface area contributed by atoms with Crippen LogP contribution in [0, 0.1) is 5.92 Å². The maximum atomic E-state index is 6.12. The highest BCUT2D eigenvalue weighted by Crippen LogP contribution is 2.30. The molecule has 1 aliphatic heterocycles. The summed E-state index contributed by atoms with van der Waals surface area (Å²) in [7, 11) is 0. The highest BCUT2D eigenvalue weighted by molar-refractivity contribution is 9.09. The number of nitrogens with zero attached hydrogens (tertiary/aromatic N) is 2. The number of piperidine rings is 1. The molecule has 2 rings (SSSR count). The first kappa shape index (κ1) is 11.2. The maximum absolute atomic E-state index is 6.12. The standard InChI is InChI=1S/C11H14BrClN2/c1-8-3-5-15(7-9(8)12)11-2-4-14-6-10(11)13/h2,4,6,8-9H,3,5,7H2,1H3. The molecule has 0 radical (unpaired) electrons. The minimum Gasteiger partial charge on any atom is -0.369 e. The number of rotatable bonds is 1. The maximum Gasteiger partial charge on any atom is 0.0822 e. The number of pyridine rings is 1. The molecule has 1 saturated heterocycles. The van der Waals surface area contributed by atoms with Crippen molar-refractivity contribution >= 4 is 33.2 Å². The van der Waals surface area contributed by atoms with Gasteiger partial charge in [-0.2, -0.15) is 0 Å². The molecule has 4 heteroatoms. The lowest BCUT2D eigenvalue weighted by molar-refractivity contribution is 0.456. The molecular formula is C11H14BrClN2. The number of hydrogen-bond donors (Lipinski definition) is 0. The summed E-state index contributed by atoms with van der Waals surface area (Å²) in [4.78, 5) is 6.88. The van der Waals surface area contributed by atoms with Crippen LogP contribution in [-0.4, -0.2) is 22.9 Å². The van der Waals surface area contributed by atoms with E-state index in [4.69, 9.17) is 11.6 Å². The second-order valence-electron chi connectivity index (χ2n) is 4.06. The molecule has 1 aliphatic rings. The number of anilines is 1. The van der Waals surface area contributed by atoms with Gasteiger partial charge >= 0.3 is 0 Å². The summed E-state index contributed by atoms with van der Waals surface area (Å²) in [6.07, 6.45) is 4.70. The van der Waals surface area contributed by atoms with E-state index in [0.717, 1.165) is 29.7 Å². The summed E-state index contributed by atoms with van der Waals surface area (Å²) >= 11 is 9.84. The summed E-state index contributed by atoms with van der Waals surface area (Å²) in [6, 6.07) is 1.98. The molecule has 2 unspecified atom stereocenters. The normalized spacial score (nSPS) is 26.7. The first-order valence-electron chi connectivity index (χ1n) is 5.17. The minimum absolute atomic E-state index is 0.551. The van der Waals surface area contributed by atoms with E-state index in [1.165, 1.54) is 6.42 Å². The molecule has 15 heavy (non-hydrogen) atoms. The van der Waals surface area contributed by atoms with Gasteiger partial charge in [0.2, 0.25) is 0 Å². The van der Waals surface area contributed by atoms with Gasteiger partial charge in [0.25, 0.3) is 0 Å². The van der Waals surface area contributed by atoms with Gasteiger partial charge in [-0.05, 0) is 18.4 Å². The Labute approximate surface area is 104 Å². The summed E-state index contributed by atoms with van der Waals surface area (Å²) in [6.45, 7) is 4.38. The Morgan fingerprint density at radius 1 is 1.60 bits per heavy atom. The zero-order valence-electron chi connectivity index (χ0n) is 8.66. The fourth-order valence-corrected chi connectivity index (χ4v) is 2.72. The van der Waals surface area contributed by atoms with Crippen LogP contribution in [0.3, 0.4) is 0 Å². The second-order valence-corrected chi connectivity index (χ2v) is 5.64. The average Bonchev–Trinajstić information content (AvgIpc) is 2.23. The van der Waals surface area contributed by atoms with Crippen molar-refractivity contribution in [2.24, 2.45) is 5.92 Å². The monoisotopic (exact) mass is 288 g/mol. The van der Waals surface area contributed by atoms with Crippen molar-refractivity contribution in [2.75, 3.05) is 18.0 Å². The van der Waals surface area contributed by atoms with Crippen LogP contribution in [0.5, 0.6) is 0 Å². The number of hydrogen-bond acceptors (Lipinski definition) is 2. The SMILES string of the molecule is CC1CCN(c2ccncc2Cl)CC1Br. The Hall–Kier alpha value is -0.280. The third-order valence-electron chi connectivity index (χ3n) is 2.96. The molecule has 1 aromatic rings. The Bertz CT molecular complexity index is 345. The van der Waals surface area contributed by atoms with E-state index in [1.807, 2.05) is 6.07 Å². The average molecular weight is 290 g/mol. The van der Waals surface area contributed by atoms with Crippen molar-refractivity contribution in [3.63, 3.8) is 0 Å². The van der Waals surface area contributed by atoms with Gasteiger partial charge in [-0.25, -0.2) is 0 Å². The Morgan fingerprint density at radius 3 is 3.07 bits per heavy atom. The molecule has 0 bridgehead atoms. The van der Waals surface area contributed by atoms with E-state index in [0.29, 0.717) is 4.83 Å². The van der Waals surface area contributed by atoms with Gasteiger partial charge < -0.3 is 4.90 Å². The van der Waals surface area contributed by atoms with Crippen LogP contribution in [0.25, 0.3) is 0 Å². The summed E-state index contributed by atoms with van der Waals surface area (Å²) < 4.78 is 0. The van der Waals surface area contributed by atoms with Crippen LogP contribution in [0.1, 0.15) is 13.3 Å².